The number of nitrogens with zero attached hydrogens (tertiary/aromatic N) is 6. The fraction of sp³-hybridized carbons (Fsp3) is 0.500. The maximum absolute atomic E-state index is 13.7. The highest BCUT2D eigenvalue weighted by atomic mass is 35.5. The summed E-state index contributed by atoms with van der Waals surface area (Å²) < 4.78 is 13.2. The van der Waals surface area contributed by atoms with Gasteiger partial charge in [-0.3, -0.25) is 4.98 Å². The Bertz CT molecular complexity index is 1500. The van der Waals surface area contributed by atoms with Crippen molar-refractivity contribution in [1.29, 1.82) is 0 Å². The number of aryl methyl sites for hydroxylation is 1. The Hall–Kier alpha value is -3.11. The molecule has 3 aromatic rings. The molecule has 0 aliphatic carbocycles. The molecule has 0 aromatic carbocycles. The first kappa shape index (κ1) is 26.5. The zero-order chi connectivity index (χ0) is 27.5. The second kappa shape index (κ2) is 9.57. The number of rotatable bonds is 2. The van der Waals surface area contributed by atoms with Gasteiger partial charge in [0, 0.05) is 25.8 Å². The highest BCUT2D eigenvalue weighted by molar-refractivity contribution is 6.43. The Kier molecular flexibility index (Phi) is 6.67. The summed E-state index contributed by atoms with van der Waals surface area (Å²) in [5, 5.41) is 0.649. The van der Waals surface area contributed by atoms with Crippen molar-refractivity contribution in [2.24, 2.45) is 0 Å². The van der Waals surface area contributed by atoms with Gasteiger partial charge in [0.05, 0.1) is 17.4 Å². The molecule has 1 fully saturated rings. The van der Waals surface area contributed by atoms with Gasteiger partial charge in [-0.25, -0.2) is 19.1 Å². The van der Waals surface area contributed by atoms with Crippen molar-refractivity contribution in [2.45, 2.75) is 59.1 Å². The van der Waals surface area contributed by atoms with Crippen molar-refractivity contribution < 1.29 is 14.3 Å². The molecule has 12 heteroatoms. The number of amides is 1. The van der Waals surface area contributed by atoms with Gasteiger partial charge in [0.15, 0.2) is 16.5 Å². The van der Waals surface area contributed by atoms with Crippen LogP contribution in [0.15, 0.2) is 17.1 Å². The number of pyridine rings is 2. The van der Waals surface area contributed by atoms with Gasteiger partial charge in [0.1, 0.15) is 28.4 Å². The first-order chi connectivity index (χ1) is 17.9. The van der Waals surface area contributed by atoms with Gasteiger partial charge in [-0.1, -0.05) is 37.0 Å². The highest BCUT2D eigenvalue weighted by Gasteiger charge is 2.38. The van der Waals surface area contributed by atoms with Crippen LogP contribution in [0.1, 0.15) is 51.8 Å². The van der Waals surface area contributed by atoms with Gasteiger partial charge in [-0.15, -0.1) is 0 Å². The van der Waals surface area contributed by atoms with Crippen molar-refractivity contribution in [2.75, 3.05) is 31.1 Å². The smallest absolute Gasteiger partial charge is 0.410 e. The molecule has 1 atom stereocenters. The lowest BCUT2D eigenvalue weighted by molar-refractivity contribution is 0.0202. The van der Waals surface area contributed by atoms with Crippen LogP contribution in [0.25, 0.3) is 16.7 Å². The zero-order valence-electron chi connectivity index (χ0n) is 22.2. The molecule has 0 unspecified atom stereocenters. The zero-order valence-corrected chi connectivity index (χ0v) is 23.7. The average Bonchev–Trinajstić information content (AvgIpc) is 2.99. The second-order valence-corrected chi connectivity index (χ2v) is 11.6. The number of ether oxygens (including phenoxy) is 2. The molecule has 5 rings (SSSR count). The number of anilines is 1. The van der Waals surface area contributed by atoms with E-state index in [2.05, 4.69) is 15.0 Å². The predicted octanol–water partition coefficient (Wildman–Crippen LogP) is 4.73. The van der Waals surface area contributed by atoms with Crippen LogP contribution in [-0.2, 0) is 4.74 Å². The molecular weight excluding hydrogens is 531 g/mol. The minimum Gasteiger partial charge on any atom is -0.489 e. The summed E-state index contributed by atoms with van der Waals surface area (Å²) in [6.45, 7) is 12.7. The Labute approximate surface area is 230 Å². The molecule has 1 saturated heterocycles. The summed E-state index contributed by atoms with van der Waals surface area (Å²) in [6, 6.07) is 1.54. The van der Waals surface area contributed by atoms with E-state index in [0.29, 0.717) is 42.3 Å². The summed E-state index contributed by atoms with van der Waals surface area (Å²) in [6.07, 6.45) is 1.32. The first-order valence-electron chi connectivity index (χ1n) is 12.5. The third kappa shape index (κ3) is 4.53. The van der Waals surface area contributed by atoms with E-state index in [1.165, 1.54) is 4.57 Å². The predicted molar refractivity (Wildman–Crippen MR) is 146 cm³/mol. The van der Waals surface area contributed by atoms with E-state index in [1.54, 1.807) is 11.1 Å². The molecule has 5 heterocycles. The molecule has 0 spiro atoms. The topological polar surface area (TPSA) is 103 Å². The second-order valence-electron chi connectivity index (χ2n) is 10.9. The van der Waals surface area contributed by atoms with Crippen LogP contribution in [-0.4, -0.2) is 68.4 Å². The standard InChI is InChI=1S/C26H30Cl2N6O4/c1-13(2)18-19(14(3)7-8-29-18)34-23-16-20(17(27)21(28)30-23)37-12-15-11-32(25(36)38-26(4,5)6)9-10-33(15)22(16)31-24(34)35/h7-8,13,15H,9-12H2,1-6H3/t15-/m0/s1. The molecule has 2 aliphatic heterocycles. The lowest BCUT2D eigenvalue weighted by Crippen LogP contribution is -2.57. The molecule has 0 radical (unpaired) electrons. The number of carbonyl (C=O) groups excluding carboxylic acids is 1. The molecule has 0 N–H and O–H groups in total. The van der Waals surface area contributed by atoms with Crippen LogP contribution in [0.4, 0.5) is 10.6 Å². The first-order valence-corrected chi connectivity index (χ1v) is 13.3. The number of aromatic nitrogens is 4. The van der Waals surface area contributed by atoms with E-state index in [0.717, 1.165) is 11.3 Å². The van der Waals surface area contributed by atoms with Crippen LogP contribution in [0, 0.1) is 6.92 Å². The fourth-order valence-corrected chi connectivity index (χ4v) is 5.29. The van der Waals surface area contributed by atoms with Crippen molar-refractivity contribution in [1.82, 2.24) is 24.4 Å². The Morgan fingerprint density at radius 1 is 1.21 bits per heavy atom. The van der Waals surface area contributed by atoms with E-state index in [-0.39, 0.29) is 34.4 Å². The maximum Gasteiger partial charge on any atom is 0.410 e. The van der Waals surface area contributed by atoms with E-state index in [4.69, 9.17) is 32.7 Å². The monoisotopic (exact) mass is 560 g/mol. The number of piperazine rings is 1. The average molecular weight is 561 g/mol. The molecular formula is C26H30Cl2N6O4. The van der Waals surface area contributed by atoms with Gasteiger partial charge in [0.25, 0.3) is 0 Å². The maximum atomic E-state index is 13.7. The summed E-state index contributed by atoms with van der Waals surface area (Å²) in [5.41, 5.74) is 1.35. The van der Waals surface area contributed by atoms with Crippen LogP contribution in [0.2, 0.25) is 10.2 Å². The Balaban J connectivity index is 1.69. The molecule has 3 aromatic heterocycles. The highest BCUT2D eigenvalue weighted by Crippen LogP contribution is 2.44. The summed E-state index contributed by atoms with van der Waals surface area (Å²) in [4.78, 5) is 43.8. The minimum atomic E-state index is -0.613. The third-order valence-electron chi connectivity index (χ3n) is 6.61. The van der Waals surface area contributed by atoms with Crippen molar-refractivity contribution in [3.63, 3.8) is 0 Å². The third-order valence-corrected chi connectivity index (χ3v) is 7.34. The fourth-order valence-electron chi connectivity index (χ4n) is 4.93. The molecule has 0 saturated carbocycles. The van der Waals surface area contributed by atoms with E-state index in [9.17, 15) is 9.59 Å². The number of hydrogen-bond acceptors (Lipinski definition) is 8. The van der Waals surface area contributed by atoms with Gasteiger partial charge >= 0.3 is 11.8 Å². The quantitative estimate of drug-likeness (QED) is 0.414. The van der Waals surface area contributed by atoms with Crippen molar-refractivity contribution >= 4 is 46.1 Å². The molecule has 10 nitrogen and oxygen atoms in total. The SMILES string of the molecule is Cc1ccnc(C(C)C)c1-n1c(=O)nc2c3c(c(Cl)c(Cl)nc31)OC[C@@H]1CN(C(=O)OC(C)(C)C)CCN21. The van der Waals surface area contributed by atoms with Crippen LogP contribution in [0.3, 0.4) is 0 Å². The summed E-state index contributed by atoms with van der Waals surface area (Å²) in [5.74, 6) is 0.746. The van der Waals surface area contributed by atoms with Crippen molar-refractivity contribution in [3.05, 3.63) is 44.2 Å². The molecule has 2 aliphatic rings. The van der Waals surface area contributed by atoms with Crippen LogP contribution in [0.5, 0.6) is 5.75 Å². The van der Waals surface area contributed by atoms with E-state index in [1.807, 2.05) is 52.5 Å². The van der Waals surface area contributed by atoms with Gasteiger partial charge in [-0.2, -0.15) is 4.98 Å². The summed E-state index contributed by atoms with van der Waals surface area (Å²) >= 11 is 13.1. The number of carbonyl (C=O) groups is 1. The number of halogens is 2. The normalized spacial score (nSPS) is 17.3. The van der Waals surface area contributed by atoms with E-state index < -0.39 is 17.4 Å². The van der Waals surface area contributed by atoms with Gasteiger partial charge < -0.3 is 19.3 Å². The van der Waals surface area contributed by atoms with Gasteiger partial charge in [0.2, 0.25) is 0 Å². The minimum absolute atomic E-state index is 0.0161. The lowest BCUT2D eigenvalue weighted by Gasteiger charge is -2.41. The van der Waals surface area contributed by atoms with Gasteiger partial charge in [-0.05, 0) is 45.2 Å². The number of fused-ring (bicyclic) bond motifs is 2. The summed E-state index contributed by atoms with van der Waals surface area (Å²) in [7, 11) is 0. The Morgan fingerprint density at radius 3 is 2.63 bits per heavy atom. The lowest BCUT2D eigenvalue weighted by atomic mass is 10.0. The Morgan fingerprint density at radius 2 is 1.95 bits per heavy atom. The van der Waals surface area contributed by atoms with Crippen molar-refractivity contribution in [3.8, 4) is 11.4 Å². The van der Waals surface area contributed by atoms with Crippen LogP contribution < -0.4 is 15.3 Å². The molecule has 1 amide bonds. The van der Waals surface area contributed by atoms with E-state index >= 15 is 0 Å². The number of hydrogen-bond donors (Lipinski definition) is 0. The molecule has 202 valence electrons. The van der Waals surface area contributed by atoms with Crippen LogP contribution >= 0.6 is 23.2 Å². The largest absolute Gasteiger partial charge is 0.489 e. The molecule has 38 heavy (non-hydrogen) atoms. The molecule has 0 bridgehead atoms.